The summed E-state index contributed by atoms with van der Waals surface area (Å²) in [5.41, 5.74) is 1.15. The van der Waals surface area contributed by atoms with Gasteiger partial charge in [-0.05, 0) is 23.6 Å². The van der Waals surface area contributed by atoms with Gasteiger partial charge in [0.05, 0.1) is 0 Å². The van der Waals surface area contributed by atoms with Crippen LogP contribution in [-0.2, 0) is 4.79 Å². The fraction of sp³-hybridized carbons (Fsp3) is 0.364. The average molecular weight is 282 g/mol. The highest BCUT2D eigenvalue weighted by molar-refractivity contribution is 6.75. The molecule has 0 saturated heterocycles. The van der Waals surface area contributed by atoms with Crippen molar-refractivity contribution in [2.24, 2.45) is 0 Å². The Bertz CT molecular complexity index is 366. The Morgan fingerprint density at radius 3 is 2.06 bits per heavy atom. The van der Waals surface area contributed by atoms with E-state index in [1.807, 2.05) is 12.1 Å². The second-order valence-electron chi connectivity index (χ2n) is 3.61. The van der Waals surface area contributed by atoms with Crippen LogP contribution < -0.4 is 4.74 Å². The van der Waals surface area contributed by atoms with Crippen molar-refractivity contribution in [1.29, 1.82) is 0 Å². The number of halogens is 3. The van der Waals surface area contributed by atoms with Crippen LogP contribution in [0.3, 0.4) is 0 Å². The summed E-state index contributed by atoms with van der Waals surface area (Å²) < 4.78 is 2.83. The lowest BCUT2D eigenvalue weighted by Crippen LogP contribution is -2.24. The van der Waals surface area contributed by atoms with Crippen molar-refractivity contribution in [3.63, 3.8) is 0 Å². The van der Waals surface area contributed by atoms with E-state index in [4.69, 9.17) is 39.5 Å². The Morgan fingerprint density at radius 1 is 1.19 bits per heavy atom. The van der Waals surface area contributed by atoms with Crippen LogP contribution >= 0.6 is 34.8 Å². The lowest BCUT2D eigenvalue weighted by Gasteiger charge is -2.11. The van der Waals surface area contributed by atoms with Gasteiger partial charge in [-0.25, -0.2) is 4.79 Å². The number of esters is 1. The molecule has 0 saturated carbocycles. The molecule has 0 radical (unpaired) electrons. The van der Waals surface area contributed by atoms with Gasteiger partial charge in [0, 0.05) is 0 Å². The van der Waals surface area contributed by atoms with Gasteiger partial charge >= 0.3 is 5.97 Å². The highest BCUT2D eigenvalue weighted by Crippen LogP contribution is 2.28. The predicted molar refractivity (Wildman–Crippen MR) is 66.5 cm³/mol. The van der Waals surface area contributed by atoms with Crippen LogP contribution in [0.2, 0.25) is 0 Å². The number of carbonyl (C=O) groups is 1. The first-order valence-corrected chi connectivity index (χ1v) is 5.83. The molecular weight excluding hydrogens is 270 g/mol. The Labute approximate surface area is 109 Å². The van der Waals surface area contributed by atoms with Crippen molar-refractivity contribution in [1.82, 2.24) is 0 Å². The quantitative estimate of drug-likeness (QED) is 0.464. The molecule has 0 aliphatic rings. The first-order chi connectivity index (χ1) is 7.30. The highest BCUT2D eigenvalue weighted by Gasteiger charge is 2.33. The third kappa shape index (κ3) is 3.85. The Kier molecular flexibility index (Phi) is 4.48. The molecule has 0 atom stereocenters. The van der Waals surface area contributed by atoms with E-state index >= 15 is 0 Å². The lowest BCUT2D eigenvalue weighted by molar-refractivity contribution is -0.133. The summed E-state index contributed by atoms with van der Waals surface area (Å²) >= 11 is 16.1. The van der Waals surface area contributed by atoms with Gasteiger partial charge in [0.25, 0.3) is 3.79 Å². The number of rotatable bonds is 2. The van der Waals surface area contributed by atoms with Crippen LogP contribution in [-0.4, -0.2) is 9.76 Å². The summed E-state index contributed by atoms with van der Waals surface area (Å²) in [6, 6.07) is 7.07. The van der Waals surface area contributed by atoms with Gasteiger partial charge in [0.1, 0.15) is 5.75 Å². The molecule has 1 aromatic carbocycles. The molecule has 16 heavy (non-hydrogen) atoms. The molecule has 5 heteroatoms. The molecule has 0 unspecified atom stereocenters. The summed E-state index contributed by atoms with van der Waals surface area (Å²) in [5, 5.41) is 0. The number of ether oxygens (including phenoxy) is 1. The molecule has 0 fully saturated rings. The first kappa shape index (κ1) is 13.6. The van der Waals surface area contributed by atoms with E-state index in [0.717, 1.165) is 5.56 Å². The van der Waals surface area contributed by atoms with Crippen molar-refractivity contribution in [2.75, 3.05) is 0 Å². The lowest BCUT2D eigenvalue weighted by atomic mass is 10.0. The van der Waals surface area contributed by atoms with E-state index in [9.17, 15) is 4.79 Å². The van der Waals surface area contributed by atoms with Crippen molar-refractivity contribution >= 4 is 40.8 Å². The maximum atomic E-state index is 11.2. The van der Waals surface area contributed by atoms with Gasteiger partial charge in [-0.15, -0.1) is 0 Å². The van der Waals surface area contributed by atoms with E-state index < -0.39 is 9.76 Å². The minimum absolute atomic E-state index is 0.362. The maximum absolute atomic E-state index is 11.2. The van der Waals surface area contributed by atoms with Crippen LogP contribution in [0, 0.1) is 0 Å². The van der Waals surface area contributed by atoms with Gasteiger partial charge in [0.2, 0.25) is 0 Å². The van der Waals surface area contributed by atoms with E-state index in [-0.39, 0.29) is 0 Å². The normalized spacial score (nSPS) is 11.6. The molecule has 1 rings (SSSR count). The Hall–Kier alpha value is -0.440. The molecule has 0 aliphatic carbocycles. The molecule has 0 aromatic heterocycles. The molecule has 1 aromatic rings. The first-order valence-electron chi connectivity index (χ1n) is 4.69. The zero-order chi connectivity index (χ0) is 12.3. The van der Waals surface area contributed by atoms with Crippen LogP contribution in [0.4, 0.5) is 0 Å². The molecule has 0 bridgehead atoms. The van der Waals surface area contributed by atoms with Gasteiger partial charge in [-0.3, -0.25) is 0 Å². The Morgan fingerprint density at radius 2 is 1.69 bits per heavy atom. The smallest absolute Gasteiger partial charge is 0.363 e. The van der Waals surface area contributed by atoms with Gasteiger partial charge in [-0.2, -0.15) is 0 Å². The fourth-order valence-corrected chi connectivity index (χ4v) is 1.20. The van der Waals surface area contributed by atoms with E-state index in [2.05, 4.69) is 13.8 Å². The topological polar surface area (TPSA) is 26.3 Å². The molecule has 2 nitrogen and oxygen atoms in total. The largest absolute Gasteiger partial charge is 0.423 e. The summed E-state index contributed by atoms with van der Waals surface area (Å²) in [7, 11) is 0. The predicted octanol–water partition coefficient (Wildman–Crippen LogP) is 4.09. The van der Waals surface area contributed by atoms with Crippen molar-refractivity contribution in [3.8, 4) is 5.75 Å². The van der Waals surface area contributed by atoms with E-state index in [1.165, 1.54) is 0 Å². The molecular formula is C11H11Cl3O2. The standard InChI is InChI=1S/C11H11Cl3O2/c1-7(2)8-3-5-9(6-4-8)16-10(15)11(12,13)14/h3-7H,1-2H3. The van der Waals surface area contributed by atoms with Crippen molar-refractivity contribution in [3.05, 3.63) is 29.8 Å². The van der Waals surface area contributed by atoms with Crippen LogP contribution in [0.5, 0.6) is 5.75 Å². The average Bonchev–Trinajstić information content (AvgIpc) is 2.17. The zero-order valence-corrected chi connectivity index (χ0v) is 11.1. The summed E-state index contributed by atoms with van der Waals surface area (Å²) in [5.74, 6) is -0.131. The van der Waals surface area contributed by atoms with E-state index in [1.54, 1.807) is 12.1 Å². The Balaban J connectivity index is 2.73. The van der Waals surface area contributed by atoms with Gasteiger partial charge < -0.3 is 4.74 Å². The molecule has 0 spiro atoms. The van der Waals surface area contributed by atoms with Crippen molar-refractivity contribution in [2.45, 2.75) is 23.6 Å². The minimum atomic E-state index is -2.04. The maximum Gasteiger partial charge on any atom is 0.363 e. The summed E-state index contributed by atoms with van der Waals surface area (Å²) in [6.45, 7) is 4.14. The molecule has 0 amide bonds. The molecule has 0 N–H and O–H groups in total. The van der Waals surface area contributed by atoms with Crippen LogP contribution in [0.25, 0.3) is 0 Å². The van der Waals surface area contributed by atoms with Crippen LogP contribution in [0.1, 0.15) is 25.3 Å². The zero-order valence-electron chi connectivity index (χ0n) is 8.84. The van der Waals surface area contributed by atoms with Crippen LogP contribution in [0.15, 0.2) is 24.3 Å². The van der Waals surface area contributed by atoms with Crippen molar-refractivity contribution < 1.29 is 9.53 Å². The number of carbonyl (C=O) groups excluding carboxylic acids is 1. The fourth-order valence-electron chi connectivity index (χ4n) is 1.09. The third-order valence-corrected chi connectivity index (χ3v) is 2.45. The second-order valence-corrected chi connectivity index (χ2v) is 5.89. The number of benzene rings is 1. The molecule has 0 heterocycles. The summed E-state index contributed by atoms with van der Waals surface area (Å²) in [4.78, 5) is 11.2. The van der Waals surface area contributed by atoms with E-state index in [0.29, 0.717) is 11.7 Å². The second kappa shape index (κ2) is 5.26. The molecule has 0 aliphatic heterocycles. The van der Waals surface area contributed by atoms with Gasteiger partial charge in [-0.1, -0.05) is 60.8 Å². The number of alkyl halides is 3. The number of hydrogen-bond donors (Lipinski definition) is 0. The minimum Gasteiger partial charge on any atom is -0.423 e. The number of hydrogen-bond acceptors (Lipinski definition) is 2. The third-order valence-electron chi connectivity index (χ3n) is 1.99. The van der Waals surface area contributed by atoms with Gasteiger partial charge in [0.15, 0.2) is 0 Å². The molecule has 88 valence electrons. The summed E-state index contributed by atoms with van der Waals surface area (Å²) in [6.07, 6.45) is 0. The highest BCUT2D eigenvalue weighted by atomic mass is 35.6. The SMILES string of the molecule is CC(C)c1ccc(OC(=O)C(Cl)(Cl)Cl)cc1. The monoisotopic (exact) mass is 280 g/mol.